The number of nitrogens with zero attached hydrogens (tertiary/aromatic N) is 2. The van der Waals surface area contributed by atoms with Gasteiger partial charge in [-0.2, -0.15) is 0 Å². The van der Waals surface area contributed by atoms with Crippen LogP contribution < -0.4 is 5.32 Å². The minimum absolute atomic E-state index is 0.0110. The summed E-state index contributed by atoms with van der Waals surface area (Å²) in [7, 11) is 0. The standard InChI is InChI=1S/C20H17N3O2S2/c1-13-21-17(12-26-13)14-6-8-15(9-7-14)22-19(24)10-25-11-20-23-16-4-2-3-5-18(16)27-20/h2-9,12H,10-11H2,1H3,(H,22,24). The van der Waals surface area contributed by atoms with E-state index in [4.69, 9.17) is 4.74 Å². The summed E-state index contributed by atoms with van der Waals surface area (Å²) >= 11 is 3.20. The van der Waals surface area contributed by atoms with Gasteiger partial charge >= 0.3 is 0 Å². The van der Waals surface area contributed by atoms with Crippen molar-refractivity contribution < 1.29 is 9.53 Å². The first-order valence-electron chi connectivity index (χ1n) is 8.42. The molecule has 7 heteroatoms. The molecule has 2 heterocycles. The van der Waals surface area contributed by atoms with Crippen LogP contribution in [0.4, 0.5) is 5.69 Å². The molecule has 2 aromatic carbocycles. The third-order valence-electron chi connectivity index (χ3n) is 3.88. The number of hydrogen-bond acceptors (Lipinski definition) is 6. The zero-order chi connectivity index (χ0) is 18.6. The normalized spacial score (nSPS) is 11.0. The van der Waals surface area contributed by atoms with Crippen LogP contribution in [-0.2, 0) is 16.1 Å². The molecule has 5 nitrogen and oxygen atoms in total. The summed E-state index contributed by atoms with van der Waals surface area (Å²) in [6.07, 6.45) is 0. The minimum atomic E-state index is -0.187. The highest BCUT2D eigenvalue weighted by molar-refractivity contribution is 7.18. The predicted octanol–water partition coefficient (Wildman–Crippen LogP) is 4.88. The summed E-state index contributed by atoms with van der Waals surface area (Å²) in [4.78, 5) is 21.0. The molecule has 0 aliphatic rings. The Labute approximate surface area is 164 Å². The predicted molar refractivity (Wildman–Crippen MR) is 110 cm³/mol. The lowest BCUT2D eigenvalue weighted by molar-refractivity contribution is -0.121. The number of rotatable bonds is 6. The molecule has 1 N–H and O–H groups in total. The first-order valence-corrected chi connectivity index (χ1v) is 10.1. The van der Waals surface area contributed by atoms with E-state index < -0.39 is 0 Å². The lowest BCUT2D eigenvalue weighted by Crippen LogP contribution is -2.18. The van der Waals surface area contributed by atoms with Crippen LogP contribution in [0.25, 0.3) is 21.5 Å². The van der Waals surface area contributed by atoms with E-state index in [1.807, 2.05) is 60.8 Å². The van der Waals surface area contributed by atoms with E-state index in [-0.39, 0.29) is 12.5 Å². The second kappa shape index (κ2) is 7.96. The number of fused-ring (bicyclic) bond motifs is 1. The van der Waals surface area contributed by atoms with Gasteiger partial charge < -0.3 is 10.1 Å². The molecular formula is C20H17N3O2S2. The second-order valence-electron chi connectivity index (χ2n) is 5.95. The molecule has 0 bridgehead atoms. The molecule has 0 aliphatic heterocycles. The Morgan fingerprint density at radius 1 is 1.11 bits per heavy atom. The summed E-state index contributed by atoms with van der Waals surface area (Å²) in [6, 6.07) is 15.6. The Balaban J connectivity index is 1.28. The van der Waals surface area contributed by atoms with Gasteiger partial charge in [-0.25, -0.2) is 9.97 Å². The van der Waals surface area contributed by atoms with Crippen LogP contribution in [0.3, 0.4) is 0 Å². The molecule has 136 valence electrons. The maximum absolute atomic E-state index is 12.1. The zero-order valence-corrected chi connectivity index (χ0v) is 16.3. The average Bonchev–Trinajstić information content (AvgIpc) is 3.28. The first kappa shape index (κ1) is 17.8. The number of ether oxygens (including phenoxy) is 1. The molecule has 1 amide bonds. The Kier molecular flexibility index (Phi) is 5.24. The van der Waals surface area contributed by atoms with Crippen molar-refractivity contribution in [1.29, 1.82) is 0 Å². The molecule has 2 aromatic heterocycles. The number of thiazole rings is 2. The van der Waals surface area contributed by atoms with Gasteiger partial charge in [0.15, 0.2) is 0 Å². The number of aryl methyl sites for hydroxylation is 1. The quantitative estimate of drug-likeness (QED) is 0.505. The van der Waals surface area contributed by atoms with Gasteiger partial charge in [0.25, 0.3) is 0 Å². The van der Waals surface area contributed by atoms with Gasteiger partial charge in [-0.3, -0.25) is 4.79 Å². The molecule has 0 spiro atoms. The number of nitrogens with one attached hydrogen (secondary N) is 1. The van der Waals surface area contributed by atoms with Gasteiger partial charge in [0, 0.05) is 16.6 Å². The fraction of sp³-hybridized carbons (Fsp3) is 0.150. The van der Waals surface area contributed by atoms with Gasteiger partial charge in [0.2, 0.25) is 5.91 Å². The molecule has 27 heavy (non-hydrogen) atoms. The molecule has 0 saturated carbocycles. The van der Waals surface area contributed by atoms with E-state index in [1.165, 1.54) is 0 Å². The van der Waals surface area contributed by atoms with Crippen LogP contribution in [0, 0.1) is 6.92 Å². The highest BCUT2D eigenvalue weighted by Crippen LogP contribution is 2.23. The number of para-hydroxylation sites is 1. The van der Waals surface area contributed by atoms with Gasteiger partial charge in [-0.05, 0) is 31.2 Å². The fourth-order valence-electron chi connectivity index (χ4n) is 2.63. The molecule has 4 aromatic rings. The summed E-state index contributed by atoms with van der Waals surface area (Å²) in [6.45, 7) is 2.30. The van der Waals surface area contributed by atoms with Crippen LogP contribution in [0.1, 0.15) is 10.0 Å². The smallest absolute Gasteiger partial charge is 0.250 e. The number of anilines is 1. The highest BCUT2D eigenvalue weighted by Gasteiger charge is 2.07. The zero-order valence-electron chi connectivity index (χ0n) is 14.6. The van der Waals surface area contributed by atoms with Crippen molar-refractivity contribution >= 4 is 44.5 Å². The molecule has 0 radical (unpaired) electrons. The lowest BCUT2D eigenvalue weighted by atomic mass is 10.1. The third-order valence-corrected chi connectivity index (χ3v) is 5.66. The molecule has 0 saturated heterocycles. The Bertz CT molecular complexity index is 1040. The van der Waals surface area contributed by atoms with Gasteiger partial charge in [-0.1, -0.05) is 24.3 Å². The number of carbonyl (C=O) groups is 1. The van der Waals surface area contributed by atoms with E-state index in [9.17, 15) is 4.79 Å². The van der Waals surface area contributed by atoms with Gasteiger partial charge in [-0.15, -0.1) is 22.7 Å². The van der Waals surface area contributed by atoms with Crippen LogP contribution in [0.5, 0.6) is 0 Å². The summed E-state index contributed by atoms with van der Waals surface area (Å²) in [5.74, 6) is -0.187. The number of aromatic nitrogens is 2. The SMILES string of the molecule is Cc1nc(-c2ccc(NC(=O)COCc3nc4ccccc4s3)cc2)cs1. The lowest BCUT2D eigenvalue weighted by Gasteiger charge is -2.06. The molecular weight excluding hydrogens is 378 g/mol. The second-order valence-corrected chi connectivity index (χ2v) is 8.12. The monoisotopic (exact) mass is 395 g/mol. The van der Waals surface area contributed by atoms with Crippen molar-refractivity contribution in [3.05, 3.63) is 63.9 Å². The largest absolute Gasteiger partial charge is 0.364 e. The van der Waals surface area contributed by atoms with Crippen molar-refractivity contribution in [2.75, 3.05) is 11.9 Å². The van der Waals surface area contributed by atoms with E-state index in [0.29, 0.717) is 6.61 Å². The van der Waals surface area contributed by atoms with Crippen molar-refractivity contribution in [2.24, 2.45) is 0 Å². The number of benzene rings is 2. The third kappa shape index (κ3) is 4.39. The first-order chi connectivity index (χ1) is 13.2. The topological polar surface area (TPSA) is 64.1 Å². The molecule has 0 atom stereocenters. The molecule has 0 aliphatic carbocycles. The number of hydrogen-bond donors (Lipinski definition) is 1. The maximum atomic E-state index is 12.1. The van der Waals surface area contributed by atoms with Crippen molar-refractivity contribution in [3.8, 4) is 11.3 Å². The average molecular weight is 396 g/mol. The fourth-order valence-corrected chi connectivity index (χ4v) is 4.16. The highest BCUT2D eigenvalue weighted by atomic mass is 32.1. The van der Waals surface area contributed by atoms with Crippen LogP contribution in [0.2, 0.25) is 0 Å². The van der Waals surface area contributed by atoms with E-state index in [1.54, 1.807) is 22.7 Å². The van der Waals surface area contributed by atoms with Gasteiger partial charge in [0.05, 0.1) is 27.5 Å². The minimum Gasteiger partial charge on any atom is -0.364 e. The number of amides is 1. The molecule has 4 rings (SSSR count). The van der Waals surface area contributed by atoms with Crippen LogP contribution >= 0.6 is 22.7 Å². The van der Waals surface area contributed by atoms with E-state index in [0.717, 1.165) is 37.2 Å². The van der Waals surface area contributed by atoms with Crippen LogP contribution in [0.15, 0.2) is 53.9 Å². The van der Waals surface area contributed by atoms with Crippen LogP contribution in [-0.4, -0.2) is 22.5 Å². The van der Waals surface area contributed by atoms with E-state index >= 15 is 0 Å². The Morgan fingerprint density at radius 2 is 1.93 bits per heavy atom. The summed E-state index contributed by atoms with van der Waals surface area (Å²) in [5, 5.41) is 6.77. The van der Waals surface area contributed by atoms with Gasteiger partial charge in [0.1, 0.15) is 11.6 Å². The molecule has 0 unspecified atom stereocenters. The number of carbonyl (C=O) groups excluding carboxylic acids is 1. The maximum Gasteiger partial charge on any atom is 0.250 e. The Hall–Kier alpha value is -2.61. The summed E-state index contributed by atoms with van der Waals surface area (Å²) in [5.41, 5.74) is 3.68. The molecule has 0 fully saturated rings. The van der Waals surface area contributed by atoms with Crippen molar-refractivity contribution in [1.82, 2.24) is 9.97 Å². The van der Waals surface area contributed by atoms with Crippen molar-refractivity contribution in [2.45, 2.75) is 13.5 Å². The Morgan fingerprint density at radius 3 is 2.67 bits per heavy atom. The summed E-state index contributed by atoms with van der Waals surface area (Å²) < 4.78 is 6.63. The van der Waals surface area contributed by atoms with E-state index in [2.05, 4.69) is 15.3 Å². The van der Waals surface area contributed by atoms with Crippen molar-refractivity contribution in [3.63, 3.8) is 0 Å².